The quantitative estimate of drug-likeness (QED) is 0.218. The van der Waals surface area contributed by atoms with Crippen molar-refractivity contribution in [1.82, 2.24) is 19.3 Å². The Morgan fingerprint density at radius 1 is 1.05 bits per heavy atom. The van der Waals surface area contributed by atoms with Crippen LogP contribution in [0.2, 0.25) is 0 Å². The molecule has 5 rings (SSSR count). The van der Waals surface area contributed by atoms with Crippen molar-refractivity contribution in [2.75, 3.05) is 10.6 Å². The Kier molecular flexibility index (Phi) is 7.22. The van der Waals surface area contributed by atoms with Gasteiger partial charge in [-0.2, -0.15) is 4.37 Å². The number of anilines is 3. The van der Waals surface area contributed by atoms with Gasteiger partial charge in [-0.05, 0) is 50.8 Å². The number of aromatic nitrogens is 4. The van der Waals surface area contributed by atoms with Crippen molar-refractivity contribution in [3.05, 3.63) is 85.9 Å². The molecule has 0 spiro atoms. The van der Waals surface area contributed by atoms with Gasteiger partial charge in [-0.3, -0.25) is 24.7 Å². The number of aryl methyl sites for hydroxylation is 1. The Labute approximate surface area is 221 Å². The highest BCUT2D eigenvalue weighted by molar-refractivity contribution is 7.02. The van der Waals surface area contributed by atoms with Gasteiger partial charge in [-0.25, -0.2) is 9.97 Å². The van der Waals surface area contributed by atoms with Crippen LogP contribution in [0.15, 0.2) is 59.4 Å². The van der Waals surface area contributed by atoms with E-state index in [0.717, 1.165) is 29.9 Å². The van der Waals surface area contributed by atoms with Gasteiger partial charge >= 0.3 is 10.6 Å². The van der Waals surface area contributed by atoms with Gasteiger partial charge in [0.25, 0.3) is 0 Å². The molecule has 3 N–H and O–H groups in total. The SMILES string of the molecule is Cc1nc(NC(=O)C2CCC(c3nsc(=O)[nH]3)CC2)ccc1Nc1nc(-c2ccccc2)ccc1[N+](=O)[O-]. The Morgan fingerprint density at radius 2 is 1.82 bits per heavy atom. The lowest BCUT2D eigenvalue weighted by atomic mass is 9.81. The minimum absolute atomic E-state index is 0.101. The molecule has 11 nitrogen and oxygen atoms in total. The van der Waals surface area contributed by atoms with E-state index in [1.54, 1.807) is 25.1 Å². The van der Waals surface area contributed by atoms with Crippen LogP contribution >= 0.6 is 11.5 Å². The third kappa shape index (κ3) is 5.59. The zero-order valence-corrected chi connectivity index (χ0v) is 21.3. The number of rotatable bonds is 7. The van der Waals surface area contributed by atoms with Crippen LogP contribution < -0.4 is 15.5 Å². The maximum Gasteiger partial charge on any atom is 0.323 e. The summed E-state index contributed by atoms with van der Waals surface area (Å²) in [5, 5.41) is 17.5. The van der Waals surface area contributed by atoms with Gasteiger partial charge in [-0.15, -0.1) is 0 Å². The van der Waals surface area contributed by atoms with Crippen molar-refractivity contribution in [3.63, 3.8) is 0 Å². The first kappa shape index (κ1) is 25.2. The first-order chi connectivity index (χ1) is 18.4. The monoisotopic (exact) mass is 531 g/mol. The molecule has 0 bridgehead atoms. The van der Waals surface area contributed by atoms with Crippen LogP contribution in [0.4, 0.5) is 23.0 Å². The Bertz CT molecular complexity index is 1530. The van der Waals surface area contributed by atoms with E-state index in [1.165, 1.54) is 6.07 Å². The van der Waals surface area contributed by atoms with Crippen molar-refractivity contribution < 1.29 is 9.72 Å². The summed E-state index contributed by atoms with van der Waals surface area (Å²) in [6, 6.07) is 15.8. The van der Waals surface area contributed by atoms with E-state index in [-0.39, 0.29) is 34.1 Å². The van der Waals surface area contributed by atoms with Gasteiger partial charge in [0.15, 0.2) is 0 Å². The summed E-state index contributed by atoms with van der Waals surface area (Å²) in [6.07, 6.45) is 2.95. The second-order valence-corrected chi connectivity index (χ2v) is 9.90. The molecule has 1 aromatic carbocycles. The number of amides is 1. The number of H-pyrrole nitrogens is 1. The van der Waals surface area contributed by atoms with E-state index in [9.17, 15) is 19.7 Å². The van der Waals surface area contributed by atoms with Crippen LogP contribution in [0, 0.1) is 23.0 Å². The number of carbonyl (C=O) groups is 1. The summed E-state index contributed by atoms with van der Waals surface area (Å²) in [7, 11) is 0. The number of nitrogens with zero attached hydrogens (tertiary/aromatic N) is 4. The van der Waals surface area contributed by atoms with Crippen molar-refractivity contribution in [1.29, 1.82) is 0 Å². The maximum atomic E-state index is 12.9. The third-order valence-corrected chi connectivity index (χ3v) is 7.23. The third-order valence-electron chi connectivity index (χ3n) is 6.67. The lowest BCUT2D eigenvalue weighted by Gasteiger charge is -2.26. The molecule has 3 aromatic heterocycles. The topological polar surface area (TPSA) is 156 Å². The molecule has 38 heavy (non-hydrogen) atoms. The molecule has 1 saturated carbocycles. The van der Waals surface area contributed by atoms with Crippen LogP contribution in [-0.2, 0) is 4.79 Å². The number of nitrogens with one attached hydrogen (secondary N) is 3. The molecule has 0 radical (unpaired) electrons. The van der Waals surface area contributed by atoms with Gasteiger partial charge in [0.05, 0.1) is 22.0 Å². The summed E-state index contributed by atoms with van der Waals surface area (Å²) in [5.74, 6) is 1.14. The second kappa shape index (κ2) is 10.9. The summed E-state index contributed by atoms with van der Waals surface area (Å²) < 4.78 is 4.18. The highest BCUT2D eigenvalue weighted by atomic mass is 32.1. The largest absolute Gasteiger partial charge is 0.333 e. The highest BCUT2D eigenvalue weighted by Gasteiger charge is 2.29. The van der Waals surface area contributed by atoms with Crippen molar-refractivity contribution in [2.24, 2.45) is 5.92 Å². The maximum absolute atomic E-state index is 12.9. The Morgan fingerprint density at radius 3 is 2.47 bits per heavy atom. The molecule has 1 amide bonds. The van der Waals surface area contributed by atoms with E-state index in [4.69, 9.17) is 0 Å². The van der Waals surface area contributed by atoms with E-state index in [0.29, 0.717) is 41.6 Å². The fourth-order valence-corrected chi connectivity index (χ4v) is 5.15. The highest BCUT2D eigenvalue weighted by Crippen LogP contribution is 2.35. The summed E-state index contributed by atoms with van der Waals surface area (Å²) in [5.41, 5.74) is 2.39. The zero-order valence-electron chi connectivity index (χ0n) is 20.5. The predicted octanol–water partition coefficient (Wildman–Crippen LogP) is 5.16. The average Bonchev–Trinajstić information content (AvgIpc) is 3.37. The van der Waals surface area contributed by atoms with E-state index in [1.807, 2.05) is 30.3 Å². The number of carbonyl (C=O) groups excluding carboxylic acids is 1. The fraction of sp³-hybridized carbons (Fsp3) is 0.269. The number of nitro groups is 1. The first-order valence-corrected chi connectivity index (χ1v) is 13.0. The minimum atomic E-state index is -0.484. The molecular formula is C26H25N7O4S. The normalized spacial score (nSPS) is 17.1. The molecule has 0 saturated heterocycles. The van der Waals surface area contributed by atoms with E-state index in [2.05, 4.69) is 30.0 Å². The van der Waals surface area contributed by atoms with Crippen LogP contribution in [0.25, 0.3) is 11.3 Å². The number of hydrogen-bond acceptors (Lipinski definition) is 9. The molecule has 1 aliphatic rings. The predicted molar refractivity (Wildman–Crippen MR) is 145 cm³/mol. The lowest BCUT2D eigenvalue weighted by molar-refractivity contribution is -0.384. The zero-order chi connectivity index (χ0) is 26.6. The molecule has 1 aliphatic carbocycles. The second-order valence-electron chi connectivity index (χ2n) is 9.16. The number of benzene rings is 1. The van der Waals surface area contributed by atoms with Crippen molar-refractivity contribution in [2.45, 2.75) is 38.5 Å². The molecule has 0 aliphatic heterocycles. The molecule has 0 atom stereocenters. The molecule has 194 valence electrons. The fourth-order valence-electron chi connectivity index (χ4n) is 4.63. The molecule has 4 aromatic rings. The van der Waals surface area contributed by atoms with E-state index >= 15 is 0 Å². The standard InChI is InChI=1S/C26H25N7O4S/c1-15-19(28-24-21(33(36)37)13-11-20(29-24)16-5-3-2-4-6-16)12-14-22(27-15)30-25(34)18-9-7-17(8-10-18)23-31-26(35)38-32-23/h2-6,11-14,17-18H,7-10H2,1H3,(H,28,29)(H,27,30,34)(H,31,32,35). The first-order valence-electron chi connectivity index (χ1n) is 12.2. The number of hydrogen-bond donors (Lipinski definition) is 3. The summed E-state index contributed by atoms with van der Waals surface area (Å²) in [4.78, 5) is 47.0. The van der Waals surface area contributed by atoms with Gasteiger partial charge in [0.1, 0.15) is 11.6 Å². The Balaban J connectivity index is 1.26. The Hall–Kier alpha value is -4.45. The molecule has 3 heterocycles. The lowest BCUT2D eigenvalue weighted by Crippen LogP contribution is -2.27. The number of aromatic amines is 1. The molecule has 12 heteroatoms. The summed E-state index contributed by atoms with van der Waals surface area (Å²) >= 11 is 0.920. The number of pyridine rings is 2. The van der Waals surface area contributed by atoms with E-state index < -0.39 is 4.92 Å². The van der Waals surface area contributed by atoms with Crippen LogP contribution in [0.1, 0.15) is 43.1 Å². The molecule has 0 unspecified atom stereocenters. The van der Waals surface area contributed by atoms with Crippen LogP contribution in [-0.4, -0.2) is 30.2 Å². The average molecular weight is 532 g/mol. The molecule has 1 fully saturated rings. The van der Waals surface area contributed by atoms with Crippen molar-refractivity contribution >= 4 is 40.5 Å². The smallest absolute Gasteiger partial charge is 0.323 e. The minimum Gasteiger partial charge on any atom is -0.333 e. The van der Waals surface area contributed by atoms with Gasteiger partial charge in [-0.1, -0.05) is 30.3 Å². The van der Waals surface area contributed by atoms with Crippen LogP contribution in [0.5, 0.6) is 0 Å². The van der Waals surface area contributed by atoms with Gasteiger partial charge in [0.2, 0.25) is 11.7 Å². The van der Waals surface area contributed by atoms with Crippen molar-refractivity contribution in [3.8, 4) is 11.3 Å². The van der Waals surface area contributed by atoms with Gasteiger partial charge < -0.3 is 10.6 Å². The van der Waals surface area contributed by atoms with Gasteiger partial charge in [0, 0.05) is 35.0 Å². The van der Waals surface area contributed by atoms with Crippen LogP contribution in [0.3, 0.4) is 0 Å². The summed E-state index contributed by atoms with van der Waals surface area (Å²) in [6.45, 7) is 1.75. The molecular weight excluding hydrogens is 506 g/mol.